The monoisotopic (exact) mass is 314 g/mol. The van der Waals surface area contributed by atoms with Crippen LogP contribution in [0.15, 0.2) is 18.2 Å². The molecule has 5 nitrogen and oxygen atoms in total. The van der Waals surface area contributed by atoms with Gasteiger partial charge >= 0.3 is 0 Å². The molecule has 1 aromatic carbocycles. The van der Waals surface area contributed by atoms with Crippen LogP contribution in [-0.4, -0.2) is 38.3 Å². The van der Waals surface area contributed by atoms with E-state index in [0.29, 0.717) is 17.1 Å². The van der Waals surface area contributed by atoms with E-state index in [2.05, 4.69) is 10.6 Å². The van der Waals surface area contributed by atoms with Crippen LogP contribution < -0.4 is 20.1 Å². The van der Waals surface area contributed by atoms with Gasteiger partial charge in [0.05, 0.1) is 13.2 Å². The van der Waals surface area contributed by atoms with Crippen LogP contribution in [0.1, 0.15) is 30.6 Å². The first-order valence-corrected chi connectivity index (χ1v) is 6.96. The molecule has 2 N–H and O–H groups in total. The Morgan fingerprint density at radius 2 is 2.14 bits per heavy atom. The fourth-order valence-corrected chi connectivity index (χ4v) is 2.21. The number of rotatable bonds is 5. The highest BCUT2D eigenvalue weighted by atomic mass is 35.5. The third kappa shape index (κ3) is 4.79. The Kier molecular flexibility index (Phi) is 6.78. The molecule has 118 valence electrons. The first-order valence-electron chi connectivity index (χ1n) is 6.96. The number of carbonyl (C=O) groups is 1. The molecule has 1 unspecified atom stereocenters. The van der Waals surface area contributed by atoms with Crippen molar-refractivity contribution in [3.05, 3.63) is 23.8 Å². The van der Waals surface area contributed by atoms with E-state index in [1.807, 2.05) is 13.8 Å². The Bertz CT molecular complexity index is 474. The molecule has 21 heavy (non-hydrogen) atoms. The molecule has 1 atom stereocenters. The van der Waals surface area contributed by atoms with Crippen molar-refractivity contribution in [1.82, 2.24) is 10.6 Å². The summed E-state index contributed by atoms with van der Waals surface area (Å²) in [6, 6.07) is 5.47. The molecule has 6 heteroatoms. The Hall–Kier alpha value is -1.46. The number of nitrogens with one attached hydrogen (secondary N) is 2. The van der Waals surface area contributed by atoms with E-state index in [1.54, 1.807) is 25.3 Å². The van der Waals surface area contributed by atoms with Crippen molar-refractivity contribution in [2.24, 2.45) is 0 Å². The molecule has 0 aliphatic carbocycles. The molecule has 2 rings (SSSR count). The van der Waals surface area contributed by atoms with Crippen molar-refractivity contribution in [2.45, 2.75) is 32.4 Å². The van der Waals surface area contributed by atoms with Crippen molar-refractivity contribution >= 4 is 18.3 Å². The number of methoxy groups -OCH3 is 1. The topological polar surface area (TPSA) is 59.6 Å². The normalized spacial score (nSPS) is 17.2. The maximum atomic E-state index is 12.2. The summed E-state index contributed by atoms with van der Waals surface area (Å²) in [5.74, 6) is 1.16. The Morgan fingerprint density at radius 3 is 2.71 bits per heavy atom. The molecule has 1 heterocycles. The molecule has 1 aromatic rings. The van der Waals surface area contributed by atoms with E-state index in [1.165, 1.54) is 0 Å². The minimum absolute atomic E-state index is 0. The Morgan fingerprint density at radius 1 is 1.38 bits per heavy atom. The van der Waals surface area contributed by atoms with Gasteiger partial charge in [-0.1, -0.05) is 0 Å². The Labute approximate surface area is 131 Å². The van der Waals surface area contributed by atoms with E-state index in [-0.39, 0.29) is 30.5 Å². The lowest BCUT2D eigenvalue weighted by atomic mass is 10.1. The molecular weight excluding hydrogens is 292 g/mol. The molecule has 0 aromatic heterocycles. The first-order chi connectivity index (χ1) is 9.60. The lowest BCUT2D eigenvalue weighted by Gasteiger charge is -2.15. The van der Waals surface area contributed by atoms with Crippen molar-refractivity contribution in [1.29, 1.82) is 0 Å². The van der Waals surface area contributed by atoms with Crippen molar-refractivity contribution in [3.63, 3.8) is 0 Å². The second-order valence-corrected chi connectivity index (χ2v) is 5.20. The minimum atomic E-state index is -0.0758. The van der Waals surface area contributed by atoms with Gasteiger partial charge in [-0.3, -0.25) is 4.79 Å². The molecule has 1 saturated heterocycles. The second-order valence-electron chi connectivity index (χ2n) is 5.20. The number of benzene rings is 1. The number of hydrogen-bond acceptors (Lipinski definition) is 4. The zero-order valence-corrected chi connectivity index (χ0v) is 13.5. The van der Waals surface area contributed by atoms with E-state index in [4.69, 9.17) is 9.47 Å². The zero-order chi connectivity index (χ0) is 14.5. The summed E-state index contributed by atoms with van der Waals surface area (Å²) in [6.07, 6.45) is 1.03. The highest BCUT2D eigenvalue weighted by Crippen LogP contribution is 2.29. The predicted molar refractivity (Wildman–Crippen MR) is 84.7 cm³/mol. The van der Waals surface area contributed by atoms with Gasteiger partial charge < -0.3 is 20.1 Å². The van der Waals surface area contributed by atoms with Crippen molar-refractivity contribution in [2.75, 3.05) is 20.2 Å². The average molecular weight is 315 g/mol. The van der Waals surface area contributed by atoms with Crippen LogP contribution in [-0.2, 0) is 0 Å². The summed E-state index contributed by atoms with van der Waals surface area (Å²) in [6.45, 7) is 5.69. The highest BCUT2D eigenvalue weighted by molar-refractivity contribution is 5.95. The molecule has 1 fully saturated rings. The van der Waals surface area contributed by atoms with Crippen LogP contribution >= 0.6 is 12.4 Å². The third-order valence-corrected chi connectivity index (χ3v) is 3.18. The van der Waals surface area contributed by atoms with Gasteiger partial charge in [-0.05, 0) is 45.0 Å². The molecular formula is C15H23ClN2O3. The lowest BCUT2D eigenvalue weighted by Crippen LogP contribution is -2.36. The van der Waals surface area contributed by atoms with Crippen LogP contribution in [0.3, 0.4) is 0 Å². The van der Waals surface area contributed by atoms with E-state index >= 15 is 0 Å². The summed E-state index contributed by atoms with van der Waals surface area (Å²) in [5.41, 5.74) is 0.588. The van der Waals surface area contributed by atoms with Crippen LogP contribution in [0.4, 0.5) is 0 Å². The fraction of sp³-hybridized carbons (Fsp3) is 0.533. The average Bonchev–Trinajstić information content (AvgIpc) is 2.91. The Balaban J connectivity index is 0.00000220. The summed E-state index contributed by atoms with van der Waals surface area (Å²) in [4.78, 5) is 12.2. The van der Waals surface area contributed by atoms with Gasteiger partial charge in [-0.2, -0.15) is 0 Å². The lowest BCUT2D eigenvalue weighted by molar-refractivity contribution is 0.0939. The predicted octanol–water partition coefficient (Wildman–Crippen LogP) is 2.00. The first kappa shape index (κ1) is 17.6. The van der Waals surface area contributed by atoms with Crippen LogP contribution in [0.2, 0.25) is 0 Å². The van der Waals surface area contributed by atoms with Gasteiger partial charge in [0, 0.05) is 18.2 Å². The molecule has 0 radical (unpaired) electrons. The number of halogens is 1. The molecule has 0 bridgehead atoms. The van der Waals surface area contributed by atoms with Crippen molar-refractivity contribution in [3.8, 4) is 11.5 Å². The summed E-state index contributed by atoms with van der Waals surface area (Å²) < 4.78 is 10.9. The molecule has 0 saturated carbocycles. The number of hydrogen-bond donors (Lipinski definition) is 2. The second kappa shape index (κ2) is 8.10. The summed E-state index contributed by atoms with van der Waals surface area (Å²) >= 11 is 0. The fourth-order valence-electron chi connectivity index (χ4n) is 2.21. The van der Waals surface area contributed by atoms with Crippen LogP contribution in [0.5, 0.6) is 11.5 Å². The van der Waals surface area contributed by atoms with Crippen LogP contribution in [0, 0.1) is 0 Å². The standard InChI is InChI=1S/C15H22N2O3.ClH/c1-10(2)20-13-5-4-11(8-14(13)19-3)15(18)17-12-6-7-16-9-12;/h4-5,8,10,12,16H,6-7,9H2,1-3H3,(H,17,18);1H. The highest BCUT2D eigenvalue weighted by Gasteiger charge is 2.18. The van der Waals surface area contributed by atoms with E-state index in [0.717, 1.165) is 19.5 Å². The smallest absolute Gasteiger partial charge is 0.251 e. The minimum Gasteiger partial charge on any atom is -0.493 e. The van der Waals surface area contributed by atoms with Gasteiger partial charge in [0.25, 0.3) is 5.91 Å². The molecule has 1 aliphatic rings. The SMILES string of the molecule is COc1cc(C(=O)NC2CCNC2)ccc1OC(C)C.Cl. The van der Waals surface area contributed by atoms with E-state index in [9.17, 15) is 4.79 Å². The molecule has 1 aliphatic heterocycles. The van der Waals surface area contributed by atoms with Gasteiger partial charge in [-0.25, -0.2) is 0 Å². The van der Waals surface area contributed by atoms with Gasteiger partial charge in [-0.15, -0.1) is 12.4 Å². The summed E-state index contributed by atoms with van der Waals surface area (Å²) in [7, 11) is 1.57. The van der Waals surface area contributed by atoms with Crippen molar-refractivity contribution < 1.29 is 14.3 Å². The number of ether oxygens (including phenoxy) is 2. The van der Waals surface area contributed by atoms with Gasteiger partial charge in [0.15, 0.2) is 11.5 Å². The number of carbonyl (C=O) groups excluding carboxylic acids is 1. The van der Waals surface area contributed by atoms with Crippen LogP contribution in [0.25, 0.3) is 0 Å². The quantitative estimate of drug-likeness (QED) is 0.872. The molecule has 1 amide bonds. The number of amides is 1. The largest absolute Gasteiger partial charge is 0.493 e. The maximum Gasteiger partial charge on any atom is 0.251 e. The van der Waals surface area contributed by atoms with E-state index < -0.39 is 0 Å². The summed E-state index contributed by atoms with van der Waals surface area (Å²) in [5, 5.41) is 6.23. The third-order valence-electron chi connectivity index (χ3n) is 3.18. The van der Waals surface area contributed by atoms with Gasteiger partial charge in [0.2, 0.25) is 0 Å². The zero-order valence-electron chi connectivity index (χ0n) is 12.6. The van der Waals surface area contributed by atoms with Gasteiger partial charge in [0.1, 0.15) is 0 Å². The maximum absolute atomic E-state index is 12.2. The molecule has 0 spiro atoms.